The topological polar surface area (TPSA) is 208 Å². The summed E-state index contributed by atoms with van der Waals surface area (Å²) < 4.78 is 0. The lowest BCUT2D eigenvalue weighted by Crippen LogP contribution is -2.61. The molecule has 0 aromatic rings. The van der Waals surface area contributed by atoms with Crippen LogP contribution in [0.2, 0.25) is 0 Å². The summed E-state index contributed by atoms with van der Waals surface area (Å²) in [6, 6.07) is -5.41. The quantitative estimate of drug-likeness (QED) is 0.149. The standard InChI is InChI=1S/C16H28N4O8S/c1-6(2)11(19-13(24)8(17)5-29)14(25)20-12(7(3)21)15(26)18-9(16(27)28)4-10(22)23/h6-9,11-12,21,29H,4-5,17H2,1-3H3,(H,18,26)(H,19,24)(H,20,25)(H,22,23)(H,27,28). The number of aliphatic hydroxyl groups excluding tert-OH is 1. The van der Waals surface area contributed by atoms with E-state index in [9.17, 15) is 29.1 Å². The van der Waals surface area contributed by atoms with Crippen LogP contribution in [-0.4, -0.2) is 81.0 Å². The van der Waals surface area contributed by atoms with Crippen molar-refractivity contribution in [2.75, 3.05) is 5.75 Å². The van der Waals surface area contributed by atoms with Crippen LogP contribution >= 0.6 is 12.6 Å². The van der Waals surface area contributed by atoms with Crippen LogP contribution in [0.15, 0.2) is 0 Å². The molecule has 166 valence electrons. The van der Waals surface area contributed by atoms with Crippen molar-refractivity contribution >= 4 is 42.3 Å². The molecule has 13 heteroatoms. The molecule has 5 unspecified atom stereocenters. The summed E-state index contributed by atoms with van der Waals surface area (Å²) in [6.07, 6.45) is -2.34. The summed E-state index contributed by atoms with van der Waals surface area (Å²) >= 11 is 3.90. The van der Waals surface area contributed by atoms with Gasteiger partial charge in [-0.1, -0.05) is 13.8 Å². The molecule has 0 saturated heterocycles. The van der Waals surface area contributed by atoms with Gasteiger partial charge in [-0.15, -0.1) is 0 Å². The first-order chi connectivity index (χ1) is 13.3. The number of nitrogens with one attached hydrogen (secondary N) is 3. The van der Waals surface area contributed by atoms with Gasteiger partial charge in [0.25, 0.3) is 0 Å². The largest absolute Gasteiger partial charge is 0.481 e. The molecule has 3 amide bonds. The number of carbonyl (C=O) groups excluding carboxylic acids is 3. The van der Waals surface area contributed by atoms with Crippen LogP contribution in [0.5, 0.6) is 0 Å². The van der Waals surface area contributed by atoms with Gasteiger partial charge in [0.1, 0.15) is 18.1 Å². The fraction of sp³-hybridized carbons (Fsp3) is 0.688. The molecule has 0 fully saturated rings. The SMILES string of the molecule is CC(C)C(NC(=O)C(N)CS)C(=O)NC(C(=O)NC(CC(=O)O)C(=O)O)C(C)O. The number of amides is 3. The molecule has 0 spiro atoms. The highest BCUT2D eigenvalue weighted by molar-refractivity contribution is 7.80. The molecule has 0 aromatic carbocycles. The minimum absolute atomic E-state index is 0.0388. The molecule has 0 heterocycles. The number of rotatable bonds is 12. The summed E-state index contributed by atoms with van der Waals surface area (Å²) in [6.45, 7) is 4.43. The van der Waals surface area contributed by atoms with Gasteiger partial charge < -0.3 is 37.0 Å². The van der Waals surface area contributed by atoms with Gasteiger partial charge in [-0.2, -0.15) is 12.6 Å². The lowest BCUT2D eigenvalue weighted by atomic mass is 10.0. The van der Waals surface area contributed by atoms with E-state index < -0.39 is 72.3 Å². The summed E-state index contributed by atoms with van der Waals surface area (Å²) in [5.41, 5.74) is 5.56. The summed E-state index contributed by atoms with van der Waals surface area (Å²) in [4.78, 5) is 58.7. The fourth-order valence-corrected chi connectivity index (χ4v) is 2.33. The van der Waals surface area contributed by atoms with Crippen molar-refractivity contribution in [1.29, 1.82) is 0 Å². The average Bonchev–Trinajstić information content (AvgIpc) is 2.61. The molecule has 0 rings (SSSR count). The van der Waals surface area contributed by atoms with E-state index >= 15 is 0 Å². The highest BCUT2D eigenvalue weighted by atomic mass is 32.1. The van der Waals surface area contributed by atoms with E-state index in [0.717, 1.165) is 0 Å². The average molecular weight is 436 g/mol. The molecule has 5 atom stereocenters. The van der Waals surface area contributed by atoms with Crippen molar-refractivity contribution in [1.82, 2.24) is 16.0 Å². The third-order valence-electron chi connectivity index (χ3n) is 3.84. The van der Waals surface area contributed by atoms with Gasteiger partial charge in [-0.05, 0) is 12.8 Å². The van der Waals surface area contributed by atoms with Crippen LogP contribution in [0.4, 0.5) is 0 Å². The highest BCUT2D eigenvalue weighted by Crippen LogP contribution is 2.05. The molecule has 0 saturated carbocycles. The maximum atomic E-state index is 12.6. The number of hydrogen-bond donors (Lipinski definition) is 8. The second-order valence-electron chi connectivity index (χ2n) is 6.74. The number of nitrogens with two attached hydrogens (primary N) is 1. The number of thiol groups is 1. The van der Waals surface area contributed by atoms with E-state index in [1.165, 1.54) is 6.92 Å². The maximum Gasteiger partial charge on any atom is 0.326 e. The van der Waals surface area contributed by atoms with Gasteiger partial charge in [-0.3, -0.25) is 19.2 Å². The molecular formula is C16H28N4O8S. The Morgan fingerprint density at radius 2 is 1.38 bits per heavy atom. The third-order valence-corrected chi connectivity index (χ3v) is 4.23. The Balaban J connectivity index is 5.34. The van der Waals surface area contributed by atoms with Crippen LogP contribution in [0, 0.1) is 5.92 Å². The van der Waals surface area contributed by atoms with Crippen LogP contribution in [-0.2, 0) is 24.0 Å². The van der Waals surface area contributed by atoms with Gasteiger partial charge in [0, 0.05) is 5.75 Å². The number of aliphatic hydroxyl groups is 1. The Hall–Kier alpha value is -2.38. The van der Waals surface area contributed by atoms with Crippen LogP contribution in [0.1, 0.15) is 27.2 Å². The zero-order valence-corrected chi connectivity index (χ0v) is 17.2. The van der Waals surface area contributed by atoms with E-state index in [0.29, 0.717) is 0 Å². The number of carboxylic acids is 2. The normalized spacial score (nSPS) is 16.1. The maximum absolute atomic E-state index is 12.6. The lowest BCUT2D eigenvalue weighted by molar-refractivity contribution is -0.148. The highest BCUT2D eigenvalue weighted by Gasteiger charge is 2.34. The van der Waals surface area contributed by atoms with Crippen molar-refractivity contribution in [2.24, 2.45) is 11.7 Å². The Morgan fingerprint density at radius 1 is 0.897 bits per heavy atom. The van der Waals surface area contributed by atoms with E-state index in [-0.39, 0.29) is 5.75 Å². The van der Waals surface area contributed by atoms with E-state index in [1.807, 2.05) is 5.32 Å². The summed E-state index contributed by atoms with van der Waals surface area (Å²) in [5, 5.41) is 34.2. The van der Waals surface area contributed by atoms with Crippen molar-refractivity contribution in [2.45, 2.75) is 57.5 Å². The number of carbonyl (C=O) groups is 5. The summed E-state index contributed by atoms with van der Waals surface area (Å²) in [7, 11) is 0. The Morgan fingerprint density at radius 3 is 1.76 bits per heavy atom. The predicted molar refractivity (Wildman–Crippen MR) is 104 cm³/mol. The predicted octanol–water partition coefficient (Wildman–Crippen LogP) is -2.71. The van der Waals surface area contributed by atoms with Crippen molar-refractivity contribution in [3.8, 4) is 0 Å². The van der Waals surface area contributed by atoms with Crippen molar-refractivity contribution in [3.63, 3.8) is 0 Å². The zero-order chi connectivity index (χ0) is 22.9. The van der Waals surface area contributed by atoms with E-state index in [1.54, 1.807) is 13.8 Å². The van der Waals surface area contributed by atoms with Crippen molar-refractivity contribution in [3.05, 3.63) is 0 Å². The first kappa shape index (κ1) is 26.6. The van der Waals surface area contributed by atoms with Gasteiger partial charge in [0.05, 0.1) is 18.6 Å². The lowest BCUT2D eigenvalue weighted by Gasteiger charge is -2.27. The van der Waals surface area contributed by atoms with E-state index in [4.69, 9.17) is 15.9 Å². The molecular weight excluding hydrogens is 408 g/mol. The molecule has 0 aromatic heterocycles. The van der Waals surface area contributed by atoms with Crippen molar-refractivity contribution < 1.29 is 39.3 Å². The molecule has 29 heavy (non-hydrogen) atoms. The van der Waals surface area contributed by atoms with Crippen LogP contribution < -0.4 is 21.7 Å². The summed E-state index contributed by atoms with van der Waals surface area (Å²) in [5.74, 6) is -5.98. The van der Waals surface area contributed by atoms with Gasteiger partial charge in [0.2, 0.25) is 17.7 Å². The number of carboxylic acid groups (broad SMARTS) is 2. The molecule has 0 aliphatic carbocycles. The minimum atomic E-state index is -1.76. The Bertz CT molecular complexity index is 628. The first-order valence-corrected chi connectivity index (χ1v) is 9.35. The number of aliphatic carboxylic acids is 2. The molecule has 0 aliphatic heterocycles. The monoisotopic (exact) mass is 436 g/mol. The Kier molecular flexibility index (Phi) is 11.2. The minimum Gasteiger partial charge on any atom is -0.481 e. The molecule has 0 bridgehead atoms. The Labute approximate surface area is 173 Å². The first-order valence-electron chi connectivity index (χ1n) is 8.72. The molecule has 12 nitrogen and oxygen atoms in total. The molecule has 0 aliphatic rings. The number of hydrogen-bond acceptors (Lipinski definition) is 8. The van der Waals surface area contributed by atoms with E-state index in [2.05, 4.69) is 23.3 Å². The fourth-order valence-electron chi connectivity index (χ4n) is 2.16. The zero-order valence-electron chi connectivity index (χ0n) is 16.3. The van der Waals surface area contributed by atoms with Gasteiger partial charge >= 0.3 is 11.9 Å². The smallest absolute Gasteiger partial charge is 0.326 e. The van der Waals surface area contributed by atoms with Crippen LogP contribution in [0.3, 0.4) is 0 Å². The van der Waals surface area contributed by atoms with Crippen LogP contribution in [0.25, 0.3) is 0 Å². The third kappa shape index (κ3) is 9.11. The van der Waals surface area contributed by atoms with Gasteiger partial charge in [0.15, 0.2) is 0 Å². The second-order valence-corrected chi connectivity index (χ2v) is 7.11. The molecule has 8 N–H and O–H groups in total. The van der Waals surface area contributed by atoms with Gasteiger partial charge in [-0.25, -0.2) is 4.79 Å². The second kappa shape index (κ2) is 12.2. The molecule has 0 radical (unpaired) electrons.